The first-order chi connectivity index (χ1) is 20.8. The molecule has 2 fully saturated rings. The number of carbonyl (C=O) groups excluding carboxylic acids is 4. The third-order valence-electron chi connectivity index (χ3n) is 7.21. The minimum absolute atomic E-state index is 0.0109. The van der Waals surface area contributed by atoms with Crippen molar-refractivity contribution < 1.29 is 33.9 Å². The van der Waals surface area contributed by atoms with E-state index in [0.29, 0.717) is 11.3 Å². The number of rotatable bonds is 9. The van der Waals surface area contributed by atoms with Crippen molar-refractivity contribution in [2.45, 2.75) is 56.7 Å². The average Bonchev–Trinajstić information content (AvgIpc) is 3.44. The third-order valence-corrected chi connectivity index (χ3v) is 9.19. The summed E-state index contributed by atoms with van der Waals surface area (Å²) in [5.41, 5.74) is 6.57. The van der Waals surface area contributed by atoms with Crippen LogP contribution in [0.5, 0.6) is 0 Å². The number of β-lactam (4-membered cyclic amide) rings is 1. The number of nitrogens with one attached hydrogen (secondary N) is 1. The number of nitrogen functional groups attached to an aromatic ring is 1. The monoisotopic (exact) mass is 626 g/mol. The van der Waals surface area contributed by atoms with Gasteiger partial charge in [-0.05, 0) is 30.0 Å². The highest BCUT2D eigenvalue weighted by Gasteiger charge is 2.54. The first-order valence-corrected chi connectivity index (χ1v) is 15.6. The van der Waals surface area contributed by atoms with Gasteiger partial charge < -0.3 is 25.7 Å². The predicted molar refractivity (Wildman–Crippen MR) is 158 cm³/mol. The summed E-state index contributed by atoms with van der Waals surface area (Å²) in [5, 5.41) is 16.0. The van der Waals surface area contributed by atoms with Crippen LogP contribution in [0.2, 0.25) is 0 Å². The maximum atomic E-state index is 13.5. The number of fused-ring (bicyclic) bond motifs is 1. The molecule has 13 nitrogen and oxygen atoms in total. The zero-order valence-corrected chi connectivity index (χ0v) is 24.8. The van der Waals surface area contributed by atoms with Crippen molar-refractivity contribution in [3.63, 3.8) is 0 Å². The van der Waals surface area contributed by atoms with Crippen LogP contribution in [0.4, 0.5) is 5.13 Å². The van der Waals surface area contributed by atoms with Crippen molar-refractivity contribution >= 4 is 63.8 Å². The van der Waals surface area contributed by atoms with Gasteiger partial charge in [0, 0.05) is 30.5 Å². The fourth-order valence-corrected chi connectivity index (χ4v) is 6.95. The number of aromatic nitrogens is 2. The van der Waals surface area contributed by atoms with Gasteiger partial charge in [-0.3, -0.25) is 24.3 Å². The SMILES string of the molecule is CC(OC(=O)C1=C(/C=C\c2cccnc2)CS[C@@H]2[C@H](NC(=O)/C(=N\O)c3csc(N)n3)C(=O)N12)OC(=O)C1CCCCC1. The quantitative estimate of drug-likeness (QED) is 0.0928. The van der Waals surface area contributed by atoms with E-state index in [2.05, 4.69) is 20.4 Å². The Labute approximate surface area is 255 Å². The van der Waals surface area contributed by atoms with Crippen LogP contribution < -0.4 is 11.1 Å². The van der Waals surface area contributed by atoms with Crippen LogP contribution in [0.15, 0.2) is 52.4 Å². The Morgan fingerprint density at radius 2 is 2.02 bits per heavy atom. The molecule has 4 heterocycles. The largest absolute Gasteiger partial charge is 0.425 e. The topological polar surface area (TPSA) is 186 Å². The van der Waals surface area contributed by atoms with Crippen LogP contribution in [-0.4, -0.2) is 73.0 Å². The molecule has 5 rings (SSSR count). The lowest BCUT2D eigenvalue weighted by atomic mass is 9.89. The molecule has 2 aliphatic heterocycles. The second kappa shape index (κ2) is 13.4. The number of anilines is 1. The van der Waals surface area contributed by atoms with E-state index >= 15 is 0 Å². The number of nitrogens with zero attached hydrogens (tertiary/aromatic N) is 4. The average molecular weight is 627 g/mol. The summed E-state index contributed by atoms with van der Waals surface area (Å²) in [7, 11) is 0. The number of allylic oxidation sites excluding steroid dienone is 1. The molecule has 1 saturated heterocycles. The van der Waals surface area contributed by atoms with E-state index in [-0.39, 0.29) is 22.4 Å². The molecular formula is C28H30N6O7S2. The number of thioether (sulfide) groups is 1. The molecule has 0 bridgehead atoms. The number of esters is 2. The van der Waals surface area contributed by atoms with Gasteiger partial charge in [0.1, 0.15) is 22.8 Å². The molecule has 1 saturated carbocycles. The number of carbonyl (C=O) groups is 4. The summed E-state index contributed by atoms with van der Waals surface area (Å²) in [6, 6.07) is 2.59. The van der Waals surface area contributed by atoms with Gasteiger partial charge in [-0.2, -0.15) is 0 Å². The molecule has 2 amide bonds. The van der Waals surface area contributed by atoms with Crippen LogP contribution in [0.25, 0.3) is 6.08 Å². The number of nitrogens with two attached hydrogens (primary N) is 1. The highest BCUT2D eigenvalue weighted by atomic mass is 32.2. The van der Waals surface area contributed by atoms with Gasteiger partial charge in [0.15, 0.2) is 10.8 Å². The van der Waals surface area contributed by atoms with Crippen molar-refractivity contribution in [1.82, 2.24) is 20.2 Å². The lowest BCUT2D eigenvalue weighted by Crippen LogP contribution is -2.71. The fourth-order valence-electron chi connectivity index (χ4n) is 5.08. The van der Waals surface area contributed by atoms with E-state index in [0.717, 1.165) is 49.0 Å². The molecule has 15 heteroatoms. The minimum atomic E-state index is -1.17. The zero-order chi connectivity index (χ0) is 30.5. The number of thiazole rings is 1. The molecule has 1 aliphatic carbocycles. The smallest absolute Gasteiger partial charge is 0.358 e. The maximum absolute atomic E-state index is 13.5. The molecule has 3 atom stereocenters. The van der Waals surface area contributed by atoms with Gasteiger partial charge >= 0.3 is 11.9 Å². The van der Waals surface area contributed by atoms with Gasteiger partial charge in [-0.1, -0.05) is 42.6 Å². The molecule has 226 valence electrons. The van der Waals surface area contributed by atoms with E-state index < -0.39 is 47.2 Å². The molecule has 1 unspecified atom stereocenters. The Morgan fingerprint density at radius 3 is 2.70 bits per heavy atom. The van der Waals surface area contributed by atoms with Crippen LogP contribution in [-0.2, 0) is 28.7 Å². The lowest BCUT2D eigenvalue weighted by molar-refractivity contribution is -0.187. The Bertz CT molecular complexity index is 1490. The van der Waals surface area contributed by atoms with Gasteiger partial charge in [0.2, 0.25) is 6.29 Å². The molecule has 2 aromatic rings. The maximum Gasteiger partial charge on any atom is 0.358 e. The zero-order valence-electron chi connectivity index (χ0n) is 23.2. The van der Waals surface area contributed by atoms with Crippen molar-refractivity contribution in [3.05, 3.63) is 58.5 Å². The number of hydrogen-bond acceptors (Lipinski definition) is 13. The van der Waals surface area contributed by atoms with Crippen molar-refractivity contribution in [2.24, 2.45) is 11.1 Å². The van der Waals surface area contributed by atoms with Crippen LogP contribution in [0.1, 0.15) is 50.3 Å². The molecule has 3 aliphatic rings. The second-order valence-corrected chi connectivity index (χ2v) is 12.1. The van der Waals surface area contributed by atoms with Gasteiger partial charge in [-0.15, -0.1) is 23.1 Å². The highest BCUT2D eigenvalue weighted by Crippen LogP contribution is 2.41. The standard InChI is InChI=1S/C28H30N6O7S2/c1-15(40-26(37)17-7-3-2-4-8-17)41-27(38)22-18(10-9-16-6-5-11-30-12-16)13-42-25-21(24(36)34(22)25)32-23(35)20(33-39)19-14-43-28(29)31-19/h5-6,9-12,14-15,17,21,25,39H,2-4,7-8,13H2,1H3,(H2,29,31)(H,32,35)/b10-9-,33-20-/t15?,21-,25-/m1/s1. The van der Waals surface area contributed by atoms with Crippen molar-refractivity contribution in [2.75, 3.05) is 11.5 Å². The first kappa shape index (κ1) is 30.2. The van der Waals surface area contributed by atoms with E-state index in [1.807, 2.05) is 6.07 Å². The third kappa shape index (κ3) is 6.72. The van der Waals surface area contributed by atoms with Crippen LogP contribution >= 0.6 is 23.1 Å². The summed E-state index contributed by atoms with van der Waals surface area (Å²) in [4.78, 5) is 61.7. The van der Waals surface area contributed by atoms with Crippen LogP contribution in [0, 0.1) is 5.92 Å². The van der Waals surface area contributed by atoms with Gasteiger partial charge in [-0.25, -0.2) is 9.78 Å². The van der Waals surface area contributed by atoms with E-state index in [4.69, 9.17) is 15.2 Å². The molecule has 0 aromatic carbocycles. The number of oxime groups is 1. The number of pyridine rings is 1. The summed E-state index contributed by atoms with van der Waals surface area (Å²) < 4.78 is 11.0. The van der Waals surface area contributed by atoms with Gasteiger partial charge in [0.25, 0.3) is 11.8 Å². The number of amides is 2. The molecule has 4 N–H and O–H groups in total. The highest BCUT2D eigenvalue weighted by molar-refractivity contribution is 8.00. The first-order valence-electron chi connectivity index (χ1n) is 13.7. The van der Waals surface area contributed by atoms with E-state index in [1.54, 1.807) is 30.6 Å². The van der Waals surface area contributed by atoms with Crippen LogP contribution in [0.3, 0.4) is 0 Å². The summed E-state index contributed by atoms with van der Waals surface area (Å²) in [6.45, 7) is 1.46. The normalized spacial score (nSPS) is 21.7. The van der Waals surface area contributed by atoms with Crippen molar-refractivity contribution in [3.8, 4) is 0 Å². The Kier molecular flexibility index (Phi) is 9.40. The predicted octanol–water partition coefficient (Wildman–Crippen LogP) is 2.68. The fraction of sp³-hybridized carbons (Fsp3) is 0.393. The molecular weight excluding hydrogens is 596 g/mol. The Balaban J connectivity index is 1.33. The van der Waals surface area contributed by atoms with E-state index in [9.17, 15) is 24.4 Å². The minimum Gasteiger partial charge on any atom is -0.425 e. The number of ether oxygens (including phenoxy) is 2. The lowest BCUT2D eigenvalue weighted by Gasteiger charge is -2.49. The van der Waals surface area contributed by atoms with Crippen molar-refractivity contribution in [1.29, 1.82) is 0 Å². The summed E-state index contributed by atoms with van der Waals surface area (Å²) in [5.74, 6) is -2.56. The number of hydrogen-bond donors (Lipinski definition) is 3. The molecule has 43 heavy (non-hydrogen) atoms. The molecule has 0 spiro atoms. The van der Waals surface area contributed by atoms with E-state index in [1.165, 1.54) is 29.0 Å². The summed E-state index contributed by atoms with van der Waals surface area (Å²) >= 11 is 2.40. The summed E-state index contributed by atoms with van der Waals surface area (Å²) in [6.07, 6.45) is 10.0. The van der Waals surface area contributed by atoms with Gasteiger partial charge in [0.05, 0.1) is 5.92 Å². The molecule has 2 aromatic heterocycles. The Hall–Kier alpha value is -4.24. The molecule has 0 radical (unpaired) electrons. The second-order valence-electron chi connectivity index (χ2n) is 10.1. The Morgan fingerprint density at radius 1 is 1.23 bits per heavy atom.